The Balaban J connectivity index is 0.000000105. The van der Waals surface area contributed by atoms with Crippen molar-refractivity contribution in [3.8, 4) is 73.4 Å². The van der Waals surface area contributed by atoms with Crippen molar-refractivity contribution in [3.63, 3.8) is 0 Å². The number of anilines is 6. The minimum Gasteiger partial charge on any atom is -0.467 e. The molecule has 0 saturated carbocycles. The number of thiophene rings is 3. The Morgan fingerprint density at radius 1 is 0.282 bits per heavy atom. The number of aromatic nitrogens is 8. The van der Waals surface area contributed by atoms with Gasteiger partial charge in [-0.2, -0.15) is 9.97 Å². The summed E-state index contributed by atoms with van der Waals surface area (Å²) < 4.78 is 22.1. The fraction of sp³-hybridized carbons (Fsp3) is 0. The summed E-state index contributed by atoms with van der Waals surface area (Å²) in [5, 5.41) is 9.28. The molecule has 9 aromatic heterocycles. The van der Waals surface area contributed by atoms with Crippen LogP contribution in [-0.2, 0) is 0 Å². The second-order valence-corrected chi connectivity index (χ2v) is 34.1. The maximum absolute atomic E-state index is 6.63. The van der Waals surface area contributed by atoms with Gasteiger partial charge in [-0.05, 0) is 76.4 Å². The molecule has 3 aliphatic heterocycles. The van der Waals surface area contributed by atoms with Gasteiger partial charge >= 0.3 is 20.5 Å². The van der Waals surface area contributed by atoms with Crippen molar-refractivity contribution < 1.29 is 8.83 Å². The highest BCUT2D eigenvalue weighted by Crippen LogP contribution is 2.55. The highest BCUT2D eigenvalue weighted by atomic mass is 32.1. The number of para-hydroxylation sites is 5. The van der Waals surface area contributed by atoms with Crippen LogP contribution in [0.4, 0.5) is 34.2 Å². The third-order valence-corrected chi connectivity index (χ3v) is 27.3. The molecule has 0 saturated heterocycles. The van der Waals surface area contributed by atoms with Gasteiger partial charge in [0.15, 0.2) is 23.4 Å². The summed E-state index contributed by atoms with van der Waals surface area (Å²) >= 11 is 5.56. The van der Waals surface area contributed by atoms with E-state index in [9.17, 15) is 0 Å². The number of benzene rings is 14. The molecule has 0 amide bonds. The summed E-state index contributed by atoms with van der Waals surface area (Å²) in [6, 6.07) is 133. The summed E-state index contributed by atoms with van der Waals surface area (Å²) in [7, 11) is 0. The second kappa shape index (κ2) is 30.4. The molecule has 0 fully saturated rings. The summed E-state index contributed by atoms with van der Waals surface area (Å²) in [6.07, 6.45) is 5.85. The van der Waals surface area contributed by atoms with E-state index in [1.165, 1.54) is 89.7 Å². The smallest absolute Gasteiger partial charge is 0.376 e. The molecule has 0 radical (unpaired) electrons. The lowest BCUT2D eigenvalue weighted by Gasteiger charge is -2.36. The van der Waals surface area contributed by atoms with Crippen molar-refractivity contribution in [1.29, 1.82) is 0 Å². The first-order valence-corrected chi connectivity index (χ1v) is 43.8. The molecule has 0 unspecified atom stereocenters. The van der Waals surface area contributed by atoms with Crippen molar-refractivity contribution in [2.75, 3.05) is 14.4 Å². The molecule has 124 heavy (non-hydrogen) atoms. The third-order valence-electron chi connectivity index (χ3n) is 23.7. The minimum atomic E-state index is -0.303. The fourth-order valence-corrected chi connectivity index (χ4v) is 22.2. The van der Waals surface area contributed by atoms with Gasteiger partial charge in [0, 0.05) is 107 Å². The van der Waals surface area contributed by atoms with Crippen LogP contribution in [0.5, 0.6) is 0 Å². The lowest BCUT2D eigenvalue weighted by molar-refractivity contribution is 0.618. The normalized spacial score (nSPS) is 12.6. The Hall–Kier alpha value is -15.4. The van der Waals surface area contributed by atoms with E-state index in [1.54, 1.807) is 0 Å². The zero-order valence-electron chi connectivity index (χ0n) is 66.3. The van der Waals surface area contributed by atoms with E-state index in [0.717, 1.165) is 99.9 Å². The molecule has 19 heteroatoms. The second-order valence-electron chi connectivity index (χ2n) is 30.9. The molecule has 14 aromatic carbocycles. The molecule has 0 atom stereocenters. The molecule has 12 heterocycles. The molecule has 26 rings (SSSR count). The predicted octanol–water partition coefficient (Wildman–Crippen LogP) is 22.8. The molecule has 0 bridgehead atoms. The van der Waals surface area contributed by atoms with Crippen molar-refractivity contribution in [2.45, 2.75) is 0 Å². The monoisotopic (exact) mass is 1640 g/mol. The van der Waals surface area contributed by atoms with Gasteiger partial charge in [-0.3, -0.25) is 0 Å². The topological polar surface area (TPSA) is 131 Å². The lowest BCUT2D eigenvalue weighted by Crippen LogP contribution is -2.57. The van der Waals surface area contributed by atoms with E-state index in [0.29, 0.717) is 23.5 Å². The Bertz CT molecular complexity index is 7940. The van der Waals surface area contributed by atoms with Gasteiger partial charge < -0.3 is 27.8 Å². The zero-order chi connectivity index (χ0) is 81.7. The number of hydrogen-bond donors (Lipinski definition) is 0. The Morgan fingerprint density at radius 2 is 0.726 bits per heavy atom. The van der Waals surface area contributed by atoms with Crippen LogP contribution >= 0.6 is 34.0 Å². The maximum atomic E-state index is 6.63. The van der Waals surface area contributed by atoms with Gasteiger partial charge in [-0.15, -0.1) is 34.0 Å². The van der Waals surface area contributed by atoms with Gasteiger partial charge in [-0.1, -0.05) is 328 Å². The zero-order valence-corrected chi connectivity index (χ0v) is 68.7. The van der Waals surface area contributed by atoms with E-state index >= 15 is 0 Å². The number of furan rings is 2. The Morgan fingerprint density at radius 3 is 1.32 bits per heavy atom. The number of hydrogen-bond acceptors (Lipinski definition) is 15. The van der Waals surface area contributed by atoms with Gasteiger partial charge in [0.1, 0.15) is 16.8 Å². The average Bonchev–Trinajstić information content (AvgIpc) is 1.54. The number of nitrogens with zero attached hydrogens (tertiary/aromatic N) is 11. The van der Waals surface area contributed by atoms with Crippen LogP contribution in [0.2, 0.25) is 0 Å². The highest BCUT2D eigenvalue weighted by molar-refractivity contribution is 7.34. The predicted molar refractivity (Wildman–Crippen MR) is 517 cm³/mol. The molecular formula is C105H66B3N11O2S3. The Labute approximate surface area is 725 Å². The van der Waals surface area contributed by atoms with Crippen LogP contribution in [0, 0.1) is 0 Å². The summed E-state index contributed by atoms with van der Waals surface area (Å²) in [6.45, 7) is -0.473. The number of rotatable bonds is 10. The molecule has 0 spiro atoms. The molecule has 3 aliphatic rings. The van der Waals surface area contributed by atoms with Gasteiger partial charge in [0.05, 0.1) is 51.1 Å². The molecule has 580 valence electrons. The van der Waals surface area contributed by atoms with E-state index < -0.39 is 0 Å². The quantitative estimate of drug-likeness (QED) is 0.121. The lowest BCUT2D eigenvalue weighted by atomic mass is 9.49. The molecule has 13 nitrogen and oxygen atoms in total. The first-order valence-electron chi connectivity index (χ1n) is 41.3. The van der Waals surface area contributed by atoms with Crippen LogP contribution in [-0.4, -0.2) is 60.0 Å². The summed E-state index contributed by atoms with van der Waals surface area (Å²) in [5.74, 6) is 3.96. The molecule has 0 N–H and O–H groups in total. The standard InChI is InChI=1S/C38H25BN4S.C37H23BN4S2.C30H18BN3O2/c1-4-14-26(15-5-1)38-40-24-29(25-41-38)43-35-30-20-10-12-22-32(30)42(28-18-8-3-9-19-28)36(35)34-31-21-11-13-23-33(31)44-37(34)39(43)27-16-6-2-7-17-27;1-4-14-24(15-5-1)34-39-35(25-16-6-2-7-17-25)41-37(40-34)42-36-32(28-21-11-13-23-30(28)44-36)31-27-20-10-12-22-29(27)43-33(31)38(42)26-18-8-3-9-19-26;1-2-11-20(12-3-1)31-28-26(21-13-5-8-16-24(21)35-28)27-22-14-6-9-17-25(22)36-29(27)34(31)30-32-18-19-10-4-7-15-23(19)33-30/h1-25H;1-23H;1-18H. The van der Waals surface area contributed by atoms with Crippen molar-refractivity contribution in [1.82, 2.24) is 39.5 Å². The largest absolute Gasteiger partial charge is 0.467 e. The van der Waals surface area contributed by atoms with Gasteiger partial charge in [-0.25, -0.2) is 24.9 Å². The molecular weight excluding hydrogens is 1580 g/mol. The summed E-state index contributed by atoms with van der Waals surface area (Å²) in [5.41, 5.74) is 21.4. The van der Waals surface area contributed by atoms with Crippen LogP contribution in [0.3, 0.4) is 0 Å². The van der Waals surface area contributed by atoms with Crippen LogP contribution in [0.1, 0.15) is 0 Å². The Kier molecular flexibility index (Phi) is 17.8. The first kappa shape index (κ1) is 72.6. The number of fused-ring (bicyclic) bond motifs is 22. The molecule has 0 aliphatic carbocycles. The minimum absolute atomic E-state index is 0.0581. The van der Waals surface area contributed by atoms with Crippen molar-refractivity contribution >= 4 is 194 Å². The van der Waals surface area contributed by atoms with Crippen LogP contribution in [0.25, 0.3) is 147 Å². The van der Waals surface area contributed by atoms with Crippen LogP contribution in [0.15, 0.2) is 410 Å². The SMILES string of the molecule is c1ccc(B2c3oc4ccccc4c3-c3c(oc4ccccc34)N2c2ncc3ccccc3n2)cc1.c1ccc(B2c3sc4ccccc4c3-c3c(c4ccccc4n3-c3ccccc3)N2c2cnc(-c3ccccc3)nc2)cc1.c1ccc(B2c3sc4ccccc4c3-c3c(sc4ccccc34)N2c2nc(-c3ccccc3)nc(-c3ccccc3)n2)cc1. The van der Waals surface area contributed by atoms with Crippen molar-refractivity contribution in [2.24, 2.45) is 0 Å². The first-order chi connectivity index (χ1) is 61.6. The third kappa shape index (κ3) is 12.2. The maximum Gasteiger partial charge on any atom is 0.376 e. The molecule has 23 aromatic rings. The van der Waals surface area contributed by atoms with Gasteiger partial charge in [0.25, 0.3) is 0 Å². The van der Waals surface area contributed by atoms with E-state index in [-0.39, 0.29) is 20.5 Å². The summed E-state index contributed by atoms with van der Waals surface area (Å²) in [4.78, 5) is 42.0. The van der Waals surface area contributed by atoms with E-state index in [2.05, 4.69) is 274 Å². The van der Waals surface area contributed by atoms with E-state index in [4.69, 9.17) is 43.7 Å². The average molecular weight is 1640 g/mol. The van der Waals surface area contributed by atoms with E-state index in [1.807, 2.05) is 180 Å². The highest BCUT2D eigenvalue weighted by Gasteiger charge is 2.48. The van der Waals surface area contributed by atoms with Gasteiger partial charge in [0.2, 0.25) is 11.9 Å². The fourth-order valence-electron chi connectivity index (χ4n) is 18.3. The van der Waals surface area contributed by atoms with Crippen LogP contribution < -0.4 is 46.0 Å². The van der Waals surface area contributed by atoms with Crippen molar-refractivity contribution in [3.05, 3.63) is 401 Å².